The van der Waals surface area contributed by atoms with Gasteiger partial charge in [-0.05, 0) is 54.6 Å². The van der Waals surface area contributed by atoms with E-state index in [1.54, 1.807) is 18.9 Å². The van der Waals surface area contributed by atoms with Crippen LogP contribution in [0.25, 0.3) is 0 Å². The Kier molecular flexibility index (Phi) is 5.40. The fourth-order valence-corrected chi connectivity index (χ4v) is 3.11. The Hall–Kier alpha value is -1.35. The third kappa shape index (κ3) is 4.07. The Bertz CT molecular complexity index is 670. The summed E-state index contributed by atoms with van der Waals surface area (Å²) in [6.45, 7) is 3.80. The quantitative estimate of drug-likeness (QED) is 0.358. The largest absolute Gasteiger partial charge is 0.497 e. The van der Waals surface area contributed by atoms with Gasteiger partial charge < -0.3 is 10.5 Å². The Morgan fingerprint density at radius 1 is 1.38 bits per heavy atom. The van der Waals surface area contributed by atoms with Crippen molar-refractivity contribution in [1.29, 1.82) is 0 Å². The number of hydrogen-bond donors (Lipinski definition) is 1. The summed E-state index contributed by atoms with van der Waals surface area (Å²) in [5.41, 5.74) is 7.24. The molecule has 0 bridgehead atoms. The summed E-state index contributed by atoms with van der Waals surface area (Å²) in [5.74, 6) is 1.22. The number of aryl methyl sites for hydroxylation is 1. The molecule has 2 aromatic rings. The first-order valence-electron chi connectivity index (χ1n) is 6.15. The maximum absolute atomic E-state index is 5.85. The number of aliphatic imine (C=N–C) groups is 1. The van der Waals surface area contributed by atoms with Gasteiger partial charge in [-0.3, -0.25) is 0 Å². The van der Waals surface area contributed by atoms with Crippen LogP contribution < -0.4 is 10.5 Å². The second-order valence-corrected chi connectivity index (χ2v) is 6.62. The van der Waals surface area contributed by atoms with Crippen molar-refractivity contribution in [2.45, 2.75) is 18.7 Å². The maximum Gasteiger partial charge on any atom is 0.153 e. The molecule has 7 heteroatoms. The van der Waals surface area contributed by atoms with Crippen LogP contribution in [0.5, 0.6) is 5.75 Å². The monoisotopic (exact) mass is 414 g/mol. The minimum absolute atomic E-state index is 0.391. The molecule has 5 nitrogen and oxygen atoms in total. The van der Waals surface area contributed by atoms with Crippen LogP contribution in [0, 0.1) is 10.5 Å². The van der Waals surface area contributed by atoms with Crippen LogP contribution in [0.1, 0.15) is 12.6 Å². The number of nitrogen functional groups attached to an aromatic ring is 1. The molecular formula is C14H15IN4OS. The average molecular weight is 414 g/mol. The molecular weight excluding hydrogens is 399 g/mol. The molecule has 0 aliphatic rings. The van der Waals surface area contributed by atoms with Crippen molar-refractivity contribution in [2.24, 2.45) is 4.99 Å². The van der Waals surface area contributed by atoms with E-state index in [0.717, 1.165) is 25.0 Å². The van der Waals surface area contributed by atoms with Gasteiger partial charge in [0.1, 0.15) is 17.8 Å². The number of nitrogens with zero attached hydrogens (tertiary/aromatic N) is 3. The van der Waals surface area contributed by atoms with Gasteiger partial charge in [-0.15, -0.1) is 0 Å². The third-order valence-corrected chi connectivity index (χ3v) is 4.95. The van der Waals surface area contributed by atoms with E-state index in [2.05, 4.69) is 37.6 Å². The van der Waals surface area contributed by atoms with Gasteiger partial charge >= 0.3 is 0 Å². The highest BCUT2D eigenvalue weighted by molar-refractivity contribution is 14.1. The van der Waals surface area contributed by atoms with Crippen LogP contribution in [0.15, 0.2) is 34.4 Å². The van der Waals surface area contributed by atoms with Gasteiger partial charge in [0.2, 0.25) is 0 Å². The molecule has 0 fully saturated rings. The van der Waals surface area contributed by atoms with Crippen molar-refractivity contribution >= 4 is 50.9 Å². The predicted molar refractivity (Wildman–Crippen MR) is 95.5 cm³/mol. The number of halogens is 1. The second-order valence-electron chi connectivity index (χ2n) is 4.22. The lowest BCUT2D eigenvalue weighted by atomic mass is 10.3. The molecule has 0 saturated heterocycles. The molecule has 1 aromatic carbocycles. The average Bonchev–Trinajstić information content (AvgIpc) is 2.45. The van der Waals surface area contributed by atoms with E-state index in [0.29, 0.717) is 11.5 Å². The molecule has 0 spiro atoms. The lowest BCUT2D eigenvalue weighted by Gasteiger charge is -2.08. The molecule has 1 aromatic heterocycles. The minimum atomic E-state index is 0.391. The van der Waals surface area contributed by atoms with E-state index in [1.807, 2.05) is 32.0 Å². The Morgan fingerprint density at radius 2 is 2.14 bits per heavy atom. The van der Waals surface area contributed by atoms with Crippen molar-refractivity contribution in [1.82, 2.24) is 9.97 Å². The molecule has 0 unspecified atom stereocenters. The highest BCUT2D eigenvalue weighted by atomic mass is 127. The summed E-state index contributed by atoms with van der Waals surface area (Å²) < 4.78 is 6.39. The van der Waals surface area contributed by atoms with Crippen LogP contribution >= 0.6 is 34.4 Å². The van der Waals surface area contributed by atoms with Crippen LogP contribution in [0.4, 0.5) is 11.5 Å². The molecule has 0 aliphatic heterocycles. The zero-order valence-corrected chi connectivity index (χ0v) is 14.9. The Labute approximate surface area is 141 Å². The number of benzene rings is 1. The molecule has 0 saturated carbocycles. The van der Waals surface area contributed by atoms with Crippen LogP contribution in [-0.4, -0.2) is 22.1 Å². The zero-order valence-electron chi connectivity index (χ0n) is 11.9. The van der Waals surface area contributed by atoms with Crippen molar-refractivity contribution in [3.05, 3.63) is 33.8 Å². The second kappa shape index (κ2) is 7.08. The van der Waals surface area contributed by atoms with Crippen LogP contribution in [-0.2, 0) is 0 Å². The van der Waals surface area contributed by atoms with E-state index < -0.39 is 0 Å². The minimum Gasteiger partial charge on any atom is -0.497 e. The van der Waals surface area contributed by atoms with Gasteiger partial charge in [0.05, 0.1) is 17.8 Å². The maximum atomic E-state index is 5.85. The number of ether oxygens (including phenoxy) is 1. The summed E-state index contributed by atoms with van der Waals surface area (Å²) in [4.78, 5) is 13.7. The molecule has 1 heterocycles. The van der Waals surface area contributed by atoms with Gasteiger partial charge in [0, 0.05) is 8.47 Å². The fraction of sp³-hybridized carbons (Fsp3) is 0.214. The number of methoxy groups -OCH3 is 1. The first-order chi connectivity index (χ1) is 10.0. The first-order valence-corrected chi connectivity index (χ1v) is 8.04. The van der Waals surface area contributed by atoms with E-state index in [4.69, 9.17) is 10.5 Å². The molecule has 2 rings (SSSR count). The molecule has 0 amide bonds. The van der Waals surface area contributed by atoms with E-state index in [1.165, 1.54) is 6.33 Å². The van der Waals surface area contributed by atoms with Crippen molar-refractivity contribution in [3.63, 3.8) is 0 Å². The van der Waals surface area contributed by atoms with Crippen molar-refractivity contribution < 1.29 is 4.74 Å². The number of thioether (sulfide) groups is 1. The molecule has 0 aliphatic carbocycles. The molecule has 21 heavy (non-hydrogen) atoms. The number of hydrogen-bond acceptors (Lipinski definition) is 6. The Morgan fingerprint density at radius 3 is 2.81 bits per heavy atom. The van der Waals surface area contributed by atoms with E-state index in [9.17, 15) is 0 Å². The predicted octanol–water partition coefficient (Wildman–Crippen LogP) is 3.82. The van der Waals surface area contributed by atoms with E-state index >= 15 is 0 Å². The van der Waals surface area contributed by atoms with Crippen LogP contribution in [0.2, 0.25) is 0 Å². The van der Waals surface area contributed by atoms with Crippen molar-refractivity contribution in [2.75, 3.05) is 12.8 Å². The Balaban J connectivity index is 2.29. The number of nitrogens with two attached hydrogens (primary N) is 1. The lowest BCUT2D eigenvalue weighted by Crippen LogP contribution is -1.96. The first kappa shape index (κ1) is 16.0. The summed E-state index contributed by atoms with van der Waals surface area (Å²) in [6.07, 6.45) is 1.44. The fourth-order valence-electron chi connectivity index (χ4n) is 1.65. The van der Waals surface area contributed by atoms with Gasteiger partial charge in [-0.2, -0.15) is 0 Å². The van der Waals surface area contributed by atoms with Gasteiger partial charge in [0.25, 0.3) is 0 Å². The number of anilines is 1. The highest BCUT2D eigenvalue weighted by Crippen LogP contribution is 2.31. The molecule has 2 N–H and O–H groups in total. The molecule has 0 radical (unpaired) electrons. The standard InChI is InChI=1S/C14H15IN4OS/c1-8-13(14(16)18-7-17-8)19-9(2)21-12-6-10(20-3)4-5-11(12)15/h4-7H,1-3H3,(H2,16,17,18). The summed E-state index contributed by atoms with van der Waals surface area (Å²) >= 11 is 3.85. The van der Waals surface area contributed by atoms with Crippen LogP contribution in [0.3, 0.4) is 0 Å². The number of rotatable bonds is 3. The van der Waals surface area contributed by atoms with Gasteiger partial charge in [0.15, 0.2) is 5.82 Å². The summed E-state index contributed by atoms with van der Waals surface area (Å²) in [7, 11) is 1.66. The summed E-state index contributed by atoms with van der Waals surface area (Å²) in [5, 5.41) is 0.866. The highest BCUT2D eigenvalue weighted by Gasteiger charge is 2.08. The lowest BCUT2D eigenvalue weighted by molar-refractivity contribution is 0.413. The molecule has 0 atom stereocenters. The van der Waals surface area contributed by atoms with E-state index in [-0.39, 0.29) is 0 Å². The topological polar surface area (TPSA) is 73.4 Å². The van der Waals surface area contributed by atoms with Gasteiger partial charge in [-0.1, -0.05) is 11.8 Å². The summed E-state index contributed by atoms with van der Waals surface area (Å²) in [6, 6.07) is 5.94. The van der Waals surface area contributed by atoms with Gasteiger partial charge in [-0.25, -0.2) is 15.0 Å². The zero-order chi connectivity index (χ0) is 15.4. The SMILES string of the molecule is COc1ccc(I)c(SC(C)=Nc2c(C)ncnc2N)c1. The normalized spacial score (nSPS) is 11.5. The molecule has 110 valence electrons. The number of aromatic nitrogens is 2. The van der Waals surface area contributed by atoms with Crippen molar-refractivity contribution in [3.8, 4) is 5.75 Å². The smallest absolute Gasteiger partial charge is 0.153 e. The third-order valence-electron chi connectivity index (χ3n) is 2.70.